The van der Waals surface area contributed by atoms with Crippen LogP contribution in [0.1, 0.15) is 194 Å². The minimum Gasteiger partial charge on any atom is -0.462 e. The summed E-state index contributed by atoms with van der Waals surface area (Å²) in [6.45, 7) is 4.76. The first-order valence-corrected chi connectivity index (χ1v) is 18.3. The first-order chi connectivity index (χ1) is 20.6. The summed E-state index contributed by atoms with van der Waals surface area (Å²) in [5, 5.41) is 0. The number of nitrogens with two attached hydrogens (primary N) is 1. The first-order valence-electron chi connectivity index (χ1n) is 18.3. The van der Waals surface area contributed by atoms with Gasteiger partial charge in [-0.3, -0.25) is 9.59 Å². The number of rotatable bonds is 33. The second-order valence-corrected chi connectivity index (χ2v) is 12.4. The van der Waals surface area contributed by atoms with Crippen LogP contribution in [0.2, 0.25) is 0 Å². The van der Waals surface area contributed by atoms with E-state index in [2.05, 4.69) is 26.0 Å². The number of ether oxygens (including phenoxy) is 2. The van der Waals surface area contributed by atoms with Gasteiger partial charge in [-0.2, -0.15) is 0 Å². The first kappa shape index (κ1) is 40.6. The molecule has 0 amide bonds. The van der Waals surface area contributed by atoms with Crippen LogP contribution in [-0.4, -0.2) is 31.2 Å². The van der Waals surface area contributed by atoms with Crippen LogP contribution in [-0.2, 0) is 19.1 Å². The molecule has 0 heterocycles. The van der Waals surface area contributed by atoms with Gasteiger partial charge >= 0.3 is 11.9 Å². The van der Waals surface area contributed by atoms with Crippen molar-refractivity contribution in [2.45, 2.75) is 200 Å². The predicted octanol–water partition coefficient (Wildman–Crippen LogP) is 10.9. The Hall–Kier alpha value is -1.36. The molecule has 248 valence electrons. The fourth-order valence-corrected chi connectivity index (χ4v) is 5.28. The van der Waals surface area contributed by atoms with Crippen molar-refractivity contribution in [3.8, 4) is 0 Å². The highest BCUT2D eigenvalue weighted by molar-refractivity contribution is 5.70. The van der Waals surface area contributed by atoms with Crippen molar-refractivity contribution >= 4 is 11.9 Å². The monoisotopic (exact) mass is 594 g/mol. The zero-order valence-corrected chi connectivity index (χ0v) is 28.2. The quantitative estimate of drug-likeness (QED) is 0.0465. The summed E-state index contributed by atoms with van der Waals surface area (Å²) in [6, 6.07) is 0. The summed E-state index contributed by atoms with van der Waals surface area (Å²) in [5.74, 6) is -0.458. The van der Waals surface area contributed by atoms with E-state index >= 15 is 0 Å². The van der Waals surface area contributed by atoms with Crippen LogP contribution in [0.4, 0.5) is 0 Å². The molecule has 0 spiro atoms. The van der Waals surface area contributed by atoms with E-state index in [1.54, 1.807) is 0 Å². The number of carbonyl (C=O) groups excluding carboxylic acids is 2. The number of unbranched alkanes of at least 4 members (excludes halogenated alkanes) is 23. The van der Waals surface area contributed by atoms with Crippen LogP contribution >= 0.6 is 0 Å². The number of carbonyl (C=O) groups is 2. The van der Waals surface area contributed by atoms with Gasteiger partial charge in [0.15, 0.2) is 0 Å². The summed E-state index contributed by atoms with van der Waals surface area (Å²) in [4.78, 5) is 24.2. The van der Waals surface area contributed by atoms with Crippen molar-refractivity contribution in [1.29, 1.82) is 0 Å². The number of allylic oxidation sites excluding steroid dienone is 2. The minimum absolute atomic E-state index is 0.0603. The lowest BCUT2D eigenvalue weighted by molar-refractivity contribution is -0.158. The van der Waals surface area contributed by atoms with E-state index in [1.807, 2.05) is 0 Å². The zero-order valence-electron chi connectivity index (χ0n) is 28.2. The van der Waals surface area contributed by atoms with Crippen molar-refractivity contribution in [2.24, 2.45) is 5.73 Å². The van der Waals surface area contributed by atoms with Crippen LogP contribution in [0.25, 0.3) is 0 Å². The SMILES string of the molecule is CCCCCCCC/C=C\CCCCCCCC(=O)OCC(CN)OC(=O)CCCCCCCCCCCCCCC. The lowest BCUT2D eigenvalue weighted by atomic mass is 10.0. The van der Waals surface area contributed by atoms with E-state index in [-0.39, 0.29) is 25.1 Å². The molecule has 5 nitrogen and oxygen atoms in total. The summed E-state index contributed by atoms with van der Waals surface area (Å²) >= 11 is 0. The van der Waals surface area contributed by atoms with Gasteiger partial charge in [-0.25, -0.2) is 0 Å². The molecule has 0 aromatic heterocycles. The molecule has 0 aliphatic rings. The Kier molecular flexibility index (Phi) is 33.0. The average molecular weight is 594 g/mol. The molecule has 0 saturated carbocycles. The molecule has 0 rings (SSSR count). The van der Waals surface area contributed by atoms with Crippen molar-refractivity contribution in [1.82, 2.24) is 0 Å². The molecular formula is C37H71NO4. The molecule has 0 radical (unpaired) electrons. The molecule has 0 aliphatic heterocycles. The molecule has 0 fully saturated rings. The van der Waals surface area contributed by atoms with E-state index in [0.29, 0.717) is 12.8 Å². The van der Waals surface area contributed by atoms with Gasteiger partial charge in [0.25, 0.3) is 0 Å². The van der Waals surface area contributed by atoms with Crippen LogP contribution in [0.5, 0.6) is 0 Å². The highest BCUT2D eigenvalue weighted by atomic mass is 16.6. The highest BCUT2D eigenvalue weighted by Crippen LogP contribution is 2.14. The number of hydrogen-bond acceptors (Lipinski definition) is 5. The Labute approximate surface area is 261 Å². The molecule has 0 aromatic carbocycles. The largest absolute Gasteiger partial charge is 0.462 e. The van der Waals surface area contributed by atoms with Gasteiger partial charge in [-0.1, -0.05) is 154 Å². The average Bonchev–Trinajstić information content (AvgIpc) is 2.99. The molecule has 0 bridgehead atoms. The normalized spacial score (nSPS) is 12.2. The zero-order chi connectivity index (χ0) is 30.8. The summed E-state index contributed by atoms with van der Waals surface area (Å²) in [7, 11) is 0. The molecular weight excluding hydrogens is 522 g/mol. The van der Waals surface area contributed by atoms with Gasteiger partial charge in [0, 0.05) is 19.4 Å². The molecule has 0 aliphatic carbocycles. The van der Waals surface area contributed by atoms with Crippen molar-refractivity contribution in [3.63, 3.8) is 0 Å². The van der Waals surface area contributed by atoms with E-state index in [4.69, 9.17) is 15.2 Å². The molecule has 2 N–H and O–H groups in total. The van der Waals surface area contributed by atoms with Crippen molar-refractivity contribution in [3.05, 3.63) is 12.2 Å². The fraction of sp³-hybridized carbons (Fsp3) is 0.892. The topological polar surface area (TPSA) is 78.6 Å². The van der Waals surface area contributed by atoms with E-state index in [1.165, 1.54) is 128 Å². The Bertz CT molecular complexity index is 607. The van der Waals surface area contributed by atoms with Gasteiger partial charge in [0.1, 0.15) is 12.7 Å². The Morgan fingerprint density at radius 1 is 0.524 bits per heavy atom. The van der Waals surface area contributed by atoms with Gasteiger partial charge in [-0.15, -0.1) is 0 Å². The Morgan fingerprint density at radius 2 is 0.881 bits per heavy atom. The molecule has 5 heteroatoms. The highest BCUT2D eigenvalue weighted by Gasteiger charge is 2.15. The lowest BCUT2D eigenvalue weighted by Crippen LogP contribution is -2.32. The molecule has 1 atom stereocenters. The number of esters is 2. The second kappa shape index (κ2) is 34.1. The van der Waals surface area contributed by atoms with Crippen LogP contribution in [0, 0.1) is 0 Å². The summed E-state index contributed by atoms with van der Waals surface area (Å²) in [5.41, 5.74) is 5.74. The molecule has 42 heavy (non-hydrogen) atoms. The maximum atomic E-state index is 12.2. The smallest absolute Gasteiger partial charge is 0.306 e. The second-order valence-electron chi connectivity index (χ2n) is 12.4. The minimum atomic E-state index is -0.544. The third-order valence-corrected chi connectivity index (χ3v) is 8.12. The Morgan fingerprint density at radius 3 is 1.29 bits per heavy atom. The molecule has 0 aromatic rings. The van der Waals surface area contributed by atoms with Crippen LogP contribution in [0.3, 0.4) is 0 Å². The van der Waals surface area contributed by atoms with Gasteiger partial charge in [0.2, 0.25) is 0 Å². The van der Waals surface area contributed by atoms with E-state index in [0.717, 1.165) is 38.5 Å². The van der Waals surface area contributed by atoms with Gasteiger partial charge < -0.3 is 15.2 Å². The van der Waals surface area contributed by atoms with Crippen molar-refractivity contribution < 1.29 is 19.1 Å². The molecule has 1 unspecified atom stereocenters. The predicted molar refractivity (Wildman–Crippen MR) is 180 cm³/mol. The maximum Gasteiger partial charge on any atom is 0.306 e. The van der Waals surface area contributed by atoms with Crippen LogP contribution < -0.4 is 5.73 Å². The van der Waals surface area contributed by atoms with E-state index in [9.17, 15) is 9.59 Å². The van der Waals surface area contributed by atoms with Gasteiger partial charge in [0.05, 0.1) is 0 Å². The summed E-state index contributed by atoms with van der Waals surface area (Å²) < 4.78 is 10.8. The third kappa shape index (κ3) is 31.6. The fourth-order valence-electron chi connectivity index (χ4n) is 5.28. The lowest BCUT2D eigenvalue weighted by Gasteiger charge is -2.16. The number of hydrogen-bond donors (Lipinski definition) is 1. The standard InChI is InChI=1S/C37H71NO4/c1-3-5-7-9-11-13-15-17-18-20-21-23-25-27-29-31-36(39)41-34-35(33-38)42-37(40)32-30-28-26-24-22-19-16-14-12-10-8-6-4-2/h17-18,35H,3-16,19-34,38H2,1-2H3/b18-17-. The third-order valence-electron chi connectivity index (χ3n) is 8.12. The van der Waals surface area contributed by atoms with Crippen molar-refractivity contribution in [2.75, 3.05) is 13.2 Å². The van der Waals surface area contributed by atoms with E-state index < -0.39 is 6.10 Å². The maximum absolute atomic E-state index is 12.2. The summed E-state index contributed by atoms with van der Waals surface area (Å²) in [6.07, 6.45) is 37.6. The Balaban J connectivity index is 3.55. The molecule has 0 saturated heterocycles. The van der Waals surface area contributed by atoms with Crippen LogP contribution in [0.15, 0.2) is 12.2 Å². The van der Waals surface area contributed by atoms with Gasteiger partial charge in [-0.05, 0) is 38.5 Å².